The Labute approximate surface area is 105 Å². The van der Waals surface area contributed by atoms with E-state index in [2.05, 4.69) is 5.10 Å². The van der Waals surface area contributed by atoms with E-state index in [9.17, 15) is 14.7 Å². The van der Waals surface area contributed by atoms with Crippen molar-refractivity contribution in [3.63, 3.8) is 0 Å². The van der Waals surface area contributed by atoms with Crippen LogP contribution in [0.5, 0.6) is 0 Å². The molecule has 0 radical (unpaired) electrons. The summed E-state index contributed by atoms with van der Waals surface area (Å²) in [6.07, 6.45) is 2.48. The third kappa shape index (κ3) is 1.98. The number of amides is 1. The van der Waals surface area contributed by atoms with Gasteiger partial charge in [0.2, 0.25) is 5.91 Å². The number of aliphatic carboxylic acids is 1. The summed E-state index contributed by atoms with van der Waals surface area (Å²) in [5, 5.41) is 13.5. The fourth-order valence-electron chi connectivity index (χ4n) is 2.63. The van der Waals surface area contributed by atoms with Crippen molar-refractivity contribution in [1.29, 1.82) is 0 Å². The van der Waals surface area contributed by atoms with Crippen LogP contribution in [0.15, 0.2) is 6.20 Å². The third-order valence-electron chi connectivity index (χ3n) is 3.55. The molecule has 1 fully saturated rings. The molecule has 1 aromatic rings. The van der Waals surface area contributed by atoms with E-state index in [4.69, 9.17) is 0 Å². The maximum atomic E-state index is 11.8. The molecule has 18 heavy (non-hydrogen) atoms. The van der Waals surface area contributed by atoms with Crippen LogP contribution in [0.4, 0.5) is 0 Å². The van der Waals surface area contributed by atoms with Crippen molar-refractivity contribution in [2.45, 2.75) is 25.8 Å². The highest BCUT2D eigenvalue weighted by molar-refractivity contribution is 5.81. The number of nitrogens with zero attached hydrogens (tertiary/aromatic N) is 3. The zero-order valence-corrected chi connectivity index (χ0v) is 10.8. The Morgan fingerprint density at radius 2 is 2.17 bits per heavy atom. The van der Waals surface area contributed by atoms with Crippen LogP contribution < -0.4 is 0 Å². The lowest BCUT2D eigenvalue weighted by Gasteiger charge is -2.36. The normalized spacial score (nSPS) is 24.4. The molecule has 1 amide bonds. The minimum atomic E-state index is -0.859. The van der Waals surface area contributed by atoms with E-state index in [0.717, 1.165) is 11.3 Å². The van der Waals surface area contributed by atoms with Gasteiger partial charge in [0.25, 0.3) is 0 Å². The van der Waals surface area contributed by atoms with Gasteiger partial charge in [-0.25, -0.2) is 0 Å². The smallest absolute Gasteiger partial charge is 0.308 e. The van der Waals surface area contributed by atoms with Gasteiger partial charge in [-0.1, -0.05) is 0 Å². The van der Waals surface area contributed by atoms with Crippen molar-refractivity contribution in [3.8, 4) is 0 Å². The van der Waals surface area contributed by atoms with Gasteiger partial charge in [-0.15, -0.1) is 0 Å². The molecule has 1 aliphatic heterocycles. The molecule has 2 unspecified atom stereocenters. The molecular formula is C12H17N3O3. The number of rotatable bonds is 2. The third-order valence-corrected chi connectivity index (χ3v) is 3.55. The van der Waals surface area contributed by atoms with Crippen LogP contribution in [0.1, 0.15) is 30.1 Å². The van der Waals surface area contributed by atoms with Crippen molar-refractivity contribution in [2.24, 2.45) is 13.0 Å². The second-order valence-corrected chi connectivity index (χ2v) is 4.78. The Morgan fingerprint density at radius 3 is 2.67 bits per heavy atom. The number of carboxylic acids is 1. The van der Waals surface area contributed by atoms with Gasteiger partial charge in [-0.05, 0) is 13.3 Å². The van der Waals surface area contributed by atoms with Crippen molar-refractivity contribution < 1.29 is 14.7 Å². The Morgan fingerprint density at radius 1 is 1.50 bits per heavy atom. The van der Waals surface area contributed by atoms with Gasteiger partial charge >= 0.3 is 5.97 Å². The SMILES string of the molecule is Cc1nn(C)cc1C1C(C(=O)O)CCC(=O)N1C. The zero-order valence-electron chi connectivity index (χ0n) is 10.8. The average Bonchev–Trinajstić information content (AvgIpc) is 2.61. The molecule has 2 atom stereocenters. The molecule has 98 valence electrons. The highest BCUT2D eigenvalue weighted by atomic mass is 16.4. The molecule has 2 heterocycles. The molecule has 0 aliphatic carbocycles. The zero-order chi connectivity index (χ0) is 13.4. The Balaban J connectivity index is 2.44. The molecule has 0 spiro atoms. The van der Waals surface area contributed by atoms with Crippen molar-refractivity contribution in [3.05, 3.63) is 17.5 Å². The second-order valence-electron chi connectivity index (χ2n) is 4.78. The van der Waals surface area contributed by atoms with E-state index in [1.165, 1.54) is 4.90 Å². The van der Waals surface area contributed by atoms with Crippen LogP contribution in [-0.2, 0) is 16.6 Å². The molecular weight excluding hydrogens is 234 g/mol. The summed E-state index contributed by atoms with van der Waals surface area (Å²) in [6.45, 7) is 1.83. The largest absolute Gasteiger partial charge is 0.481 e. The van der Waals surface area contributed by atoms with E-state index < -0.39 is 17.9 Å². The van der Waals surface area contributed by atoms with Gasteiger partial charge in [-0.3, -0.25) is 14.3 Å². The number of aryl methyl sites for hydroxylation is 2. The first kappa shape index (κ1) is 12.6. The summed E-state index contributed by atoms with van der Waals surface area (Å²) in [7, 11) is 3.45. The Bertz CT molecular complexity index is 495. The fraction of sp³-hybridized carbons (Fsp3) is 0.583. The van der Waals surface area contributed by atoms with Gasteiger partial charge in [0.1, 0.15) is 0 Å². The maximum absolute atomic E-state index is 11.8. The molecule has 1 N–H and O–H groups in total. The van der Waals surface area contributed by atoms with E-state index in [-0.39, 0.29) is 5.91 Å². The lowest BCUT2D eigenvalue weighted by Crippen LogP contribution is -2.43. The number of carbonyl (C=O) groups is 2. The highest BCUT2D eigenvalue weighted by Gasteiger charge is 2.40. The van der Waals surface area contributed by atoms with Crippen molar-refractivity contribution in [2.75, 3.05) is 7.05 Å². The summed E-state index contributed by atoms with van der Waals surface area (Å²) in [6, 6.07) is -0.419. The lowest BCUT2D eigenvalue weighted by molar-refractivity contribution is -0.150. The summed E-state index contributed by atoms with van der Waals surface area (Å²) in [5.74, 6) is -1.43. The quantitative estimate of drug-likeness (QED) is 0.840. The average molecular weight is 251 g/mol. The summed E-state index contributed by atoms with van der Waals surface area (Å²) in [4.78, 5) is 24.6. The monoisotopic (exact) mass is 251 g/mol. The topological polar surface area (TPSA) is 75.4 Å². The van der Waals surface area contributed by atoms with Gasteiger partial charge in [0.15, 0.2) is 0 Å². The van der Waals surface area contributed by atoms with Crippen LogP contribution in [-0.4, -0.2) is 38.7 Å². The summed E-state index contributed by atoms with van der Waals surface area (Å²) in [5.41, 5.74) is 1.59. The molecule has 1 saturated heterocycles. The molecule has 6 nitrogen and oxygen atoms in total. The molecule has 6 heteroatoms. The number of hydrogen-bond acceptors (Lipinski definition) is 3. The van der Waals surface area contributed by atoms with Crippen LogP contribution in [0, 0.1) is 12.8 Å². The van der Waals surface area contributed by atoms with Crippen LogP contribution in [0.2, 0.25) is 0 Å². The number of carboxylic acid groups (broad SMARTS) is 1. The van der Waals surface area contributed by atoms with Gasteiger partial charge in [0, 0.05) is 32.3 Å². The van der Waals surface area contributed by atoms with E-state index in [1.54, 1.807) is 25.0 Å². The molecule has 2 rings (SSSR count). The first-order valence-corrected chi connectivity index (χ1v) is 5.90. The van der Waals surface area contributed by atoms with E-state index in [1.807, 2.05) is 6.92 Å². The summed E-state index contributed by atoms with van der Waals surface area (Å²) >= 11 is 0. The molecule has 0 aromatic carbocycles. The highest BCUT2D eigenvalue weighted by Crippen LogP contribution is 2.36. The minimum absolute atomic E-state index is 0.0132. The van der Waals surface area contributed by atoms with Gasteiger partial charge in [-0.2, -0.15) is 5.10 Å². The number of likely N-dealkylation sites (tertiary alicyclic amines) is 1. The first-order valence-electron chi connectivity index (χ1n) is 5.90. The molecule has 1 aliphatic rings. The van der Waals surface area contributed by atoms with Crippen LogP contribution >= 0.6 is 0 Å². The summed E-state index contributed by atoms with van der Waals surface area (Å²) < 4.78 is 1.65. The Hall–Kier alpha value is -1.85. The van der Waals surface area contributed by atoms with E-state index in [0.29, 0.717) is 12.8 Å². The maximum Gasteiger partial charge on any atom is 0.308 e. The van der Waals surface area contributed by atoms with Gasteiger partial charge < -0.3 is 10.0 Å². The lowest BCUT2D eigenvalue weighted by atomic mass is 9.85. The predicted octanol–water partition coefficient (Wildman–Crippen LogP) is 0.723. The molecule has 0 saturated carbocycles. The standard InChI is InChI=1S/C12H17N3O3/c1-7-9(6-14(2)13-7)11-8(12(17)18)4-5-10(16)15(11)3/h6,8,11H,4-5H2,1-3H3,(H,17,18). The van der Waals surface area contributed by atoms with Gasteiger partial charge in [0.05, 0.1) is 17.7 Å². The molecule has 0 bridgehead atoms. The number of hydrogen-bond donors (Lipinski definition) is 1. The van der Waals surface area contributed by atoms with E-state index >= 15 is 0 Å². The second kappa shape index (κ2) is 4.44. The number of carbonyl (C=O) groups excluding carboxylic acids is 1. The fourth-order valence-corrected chi connectivity index (χ4v) is 2.63. The first-order chi connectivity index (χ1) is 8.41. The Kier molecular flexibility index (Phi) is 3.11. The number of aromatic nitrogens is 2. The molecule has 1 aromatic heterocycles. The number of piperidine rings is 1. The van der Waals surface area contributed by atoms with Crippen LogP contribution in [0.3, 0.4) is 0 Å². The minimum Gasteiger partial charge on any atom is -0.481 e. The van der Waals surface area contributed by atoms with Crippen LogP contribution in [0.25, 0.3) is 0 Å². The predicted molar refractivity (Wildman–Crippen MR) is 63.8 cm³/mol. The van der Waals surface area contributed by atoms with Crippen molar-refractivity contribution in [1.82, 2.24) is 14.7 Å². The van der Waals surface area contributed by atoms with Crippen molar-refractivity contribution >= 4 is 11.9 Å².